The van der Waals surface area contributed by atoms with Crippen LogP contribution in [0.15, 0.2) is 46.3 Å². The van der Waals surface area contributed by atoms with Gasteiger partial charge in [-0.3, -0.25) is 4.79 Å². The standard InChI is InChI=1S/C26H29ClN4O5/c1-5-13(3)15-8-20(35-4)24(27)23(25(15)33)19-7-14-10-29-21(9-16(14)26(34)36-19)30-17-11-28-12-18(17)31-22(32)6-2/h6-10,13,17-18,28,33H,2,5,11-12H2,1,3-4H3,(H,29,30)(H,31,32). The first-order valence-electron chi connectivity index (χ1n) is 11.7. The van der Waals surface area contributed by atoms with Crippen molar-refractivity contribution < 1.29 is 19.1 Å². The summed E-state index contributed by atoms with van der Waals surface area (Å²) in [6.45, 7) is 8.68. The van der Waals surface area contributed by atoms with Crippen LogP contribution in [-0.4, -0.2) is 48.3 Å². The molecule has 1 aliphatic heterocycles. The fourth-order valence-corrected chi connectivity index (χ4v) is 4.63. The Kier molecular flexibility index (Phi) is 7.51. The molecule has 1 amide bonds. The van der Waals surface area contributed by atoms with Crippen LogP contribution in [0.3, 0.4) is 0 Å². The highest BCUT2D eigenvalue weighted by Gasteiger charge is 2.28. The number of hydrogen-bond acceptors (Lipinski definition) is 8. The molecule has 0 radical (unpaired) electrons. The van der Waals surface area contributed by atoms with Crippen LogP contribution < -0.4 is 26.3 Å². The van der Waals surface area contributed by atoms with E-state index in [9.17, 15) is 14.7 Å². The van der Waals surface area contributed by atoms with E-state index in [0.29, 0.717) is 41.0 Å². The summed E-state index contributed by atoms with van der Waals surface area (Å²) in [5.74, 6) is 0.686. The van der Waals surface area contributed by atoms with Gasteiger partial charge in [-0.05, 0) is 36.6 Å². The van der Waals surface area contributed by atoms with Crippen molar-refractivity contribution in [2.45, 2.75) is 38.3 Å². The lowest BCUT2D eigenvalue weighted by atomic mass is 9.94. The Labute approximate surface area is 213 Å². The number of benzene rings is 1. The van der Waals surface area contributed by atoms with E-state index in [0.717, 1.165) is 6.42 Å². The lowest BCUT2D eigenvalue weighted by Crippen LogP contribution is -2.45. The monoisotopic (exact) mass is 512 g/mol. The number of rotatable bonds is 8. The molecule has 1 aromatic carbocycles. The summed E-state index contributed by atoms with van der Waals surface area (Å²) in [5, 5.41) is 21.4. The minimum atomic E-state index is -0.600. The number of nitrogens with one attached hydrogen (secondary N) is 3. The van der Waals surface area contributed by atoms with E-state index in [1.54, 1.807) is 24.4 Å². The van der Waals surface area contributed by atoms with E-state index in [1.165, 1.54) is 13.2 Å². The molecule has 1 saturated heterocycles. The third kappa shape index (κ3) is 4.89. The second-order valence-corrected chi connectivity index (χ2v) is 9.18. The van der Waals surface area contributed by atoms with Crippen LogP contribution in [0.4, 0.5) is 5.82 Å². The highest BCUT2D eigenvalue weighted by atomic mass is 35.5. The van der Waals surface area contributed by atoms with Crippen molar-refractivity contribution in [1.82, 2.24) is 15.6 Å². The summed E-state index contributed by atoms with van der Waals surface area (Å²) < 4.78 is 11.0. The first-order valence-corrected chi connectivity index (χ1v) is 12.1. The number of ether oxygens (including phenoxy) is 1. The quantitative estimate of drug-likeness (QED) is 0.336. The first-order chi connectivity index (χ1) is 17.3. The topological polar surface area (TPSA) is 126 Å². The van der Waals surface area contributed by atoms with Gasteiger partial charge in [-0.25, -0.2) is 9.78 Å². The summed E-state index contributed by atoms with van der Waals surface area (Å²) in [6.07, 6.45) is 3.57. The maximum Gasteiger partial charge on any atom is 0.344 e. The fraction of sp³-hybridized carbons (Fsp3) is 0.346. The number of amides is 1. The molecule has 4 rings (SSSR count). The van der Waals surface area contributed by atoms with Crippen molar-refractivity contribution in [2.75, 3.05) is 25.5 Å². The lowest BCUT2D eigenvalue weighted by molar-refractivity contribution is -0.117. The molecular formula is C26H29ClN4O5. The molecule has 0 spiro atoms. The summed E-state index contributed by atoms with van der Waals surface area (Å²) >= 11 is 6.54. The van der Waals surface area contributed by atoms with Crippen LogP contribution in [0.25, 0.3) is 22.1 Å². The van der Waals surface area contributed by atoms with E-state index >= 15 is 0 Å². The Hall–Kier alpha value is -3.56. The molecule has 1 aliphatic rings. The number of nitrogens with zero attached hydrogens (tertiary/aromatic N) is 1. The molecule has 4 N–H and O–H groups in total. The van der Waals surface area contributed by atoms with Crippen molar-refractivity contribution in [3.05, 3.63) is 58.1 Å². The average molecular weight is 513 g/mol. The van der Waals surface area contributed by atoms with Gasteiger partial charge in [-0.1, -0.05) is 32.0 Å². The third-order valence-corrected chi connectivity index (χ3v) is 6.92. The SMILES string of the molecule is C=CC(=O)NC1CNCC1Nc1cc2c(=O)oc(-c3c(O)c(C(C)CC)cc(OC)c3Cl)cc2cn1. The number of aromatic hydroxyl groups is 1. The highest BCUT2D eigenvalue weighted by molar-refractivity contribution is 6.35. The molecule has 0 saturated carbocycles. The number of hydrogen-bond donors (Lipinski definition) is 4. The van der Waals surface area contributed by atoms with Crippen molar-refractivity contribution >= 4 is 34.1 Å². The molecular weight excluding hydrogens is 484 g/mol. The third-order valence-electron chi connectivity index (χ3n) is 6.55. The Morgan fingerprint density at radius 1 is 1.39 bits per heavy atom. The number of phenolic OH excluding ortho intramolecular Hbond substituents is 1. The van der Waals surface area contributed by atoms with Crippen LogP contribution in [0.2, 0.25) is 5.02 Å². The summed E-state index contributed by atoms with van der Waals surface area (Å²) in [5.41, 5.74) is 0.250. The summed E-state index contributed by atoms with van der Waals surface area (Å²) in [7, 11) is 1.49. The van der Waals surface area contributed by atoms with Gasteiger partial charge < -0.3 is 30.2 Å². The number of anilines is 1. The maximum absolute atomic E-state index is 13.0. The molecule has 2 aromatic heterocycles. The molecule has 3 unspecified atom stereocenters. The predicted octanol–water partition coefficient (Wildman–Crippen LogP) is 3.79. The van der Waals surface area contributed by atoms with Crippen LogP contribution in [0.5, 0.6) is 11.5 Å². The van der Waals surface area contributed by atoms with Crippen LogP contribution in [-0.2, 0) is 4.79 Å². The number of carbonyl (C=O) groups is 1. The molecule has 1 fully saturated rings. The zero-order chi connectivity index (χ0) is 26.0. The predicted molar refractivity (Wildman–Crippen MR) is 140 cm³/mol. The van der Waals surface area contributed by atoms with Gasteiger partial charge in [0, 0.05) is 30.2 Å². The number of methoxy groups -OCH3 is 1. The summed E-state index contributed by atoms with van der Waals surface area (Å²) in [4.78, 5) is 29.2. The second-order valence-electron chi connectivity index (χ2n) is 8.80. The van der Waals surface area contributed by atoms with E-state index in [1.807, 2.05) is 13.8 Å². The van der Waals surface area contributed by atoms with Crippen molar-refractivity contribution in [2.24, 2.45) is 0 Å². The molecule has 10 heteroatoms. The molecule has 36 heavy (non-hydrogen) atoms. The van der Waals surface area contributed by atoms with Gasteiger partial charge in [0.2, 0.25) is 5.91 Å². The Morgan fingerprint density at radius 2 is 2.14 bits per heavy atom. The molecule has 0 bridgehead atoms. The lowest BCUT2D eigenvalue weighted by Gasteiger charge is -2.21. The molecule has 3 aromatic rings. The molecule has 190 valence electrons. The Balaban J connectivity index is 1.71. The van der Waals surface area contributed by atoms with Gasteiger partial charge in [0.15, 0.2) is 0 Å². The van der Waals surface area contributed by atoms with Crippen LogP contribution >= 0.6 is 11.6 Å². The van der Waals surface area contributed by atoms with Gasteiger partial charge in [-0.2, -0.15) is 0 Å². The highest BCUT2D eigenvalue weighted by Crippen LogP contribution is 2.46. The van der Waals surface area contributed by atoms with Gasteiger partial charge in [0.05, 0.1) is 35.2 Å². The van der Waals surface area contributed by atoms with Gasteiger partial charge in [0.1, 0.15) is 23.1 Å². The Bertz CT molecular complexity index is 1370. The van der Waals surface area contributed by atoms with Gasteiger partial charge in [-0.15, -0.1) is 0 Å². The van der Waals surface area contributed by atoms with Crippen molar-refractivity contribution in [1.29, 1.82) is 0 Å². The minimum Gasteiger partial charge on any atom is -0.507 e. The van der Waals surface area contributed by atoms with Gasteiger partial charge in [0.25, 0.3) is 0 Å². The number of fused-ring (bicyclic) bond motifs is 1. The average Bonchev–Trinajstić information content (AvgIpc) is 3.30. The van der Waals surface area contributed by atoms with E-state index in [2.05, 4.69) is 27.5 Å². The van der Waals surface area contributed by atoms with E-state index in [-0.39, 0.29) is 46.0 Å². The zero-order valence-corrected chi connectivity index (χ0v) is 21.1. The largest absolute Gasteiger partial charge is 0.507 e. The maximum atomic E-state index is 13.0. The molecule has 0 aliphatic carbocycles. The normalized spacial score (nSPS) is 18.1. The van der Waals surface area contributed by atoms with Crippen molar-refractivity contribution in [3.8, 4) is 22.8 Å². The fourth-order valence-electron chi connectivity index (χ4n) is 4.31. The Morgan fingerprint density at radius 3 is 2.83 bits per heavy atom. The van der Waals surface area contributed by atoms with Crippen LogP contribution in [0.1, 0.15) is 31.7 Å². The number of carbonyl (C=O) groups excluding carboxylic acids is 1. The van der Waals surface area contributed by atoms with Crippen molar-refractivity contribution in [3.63, 3.8) is 0 Å². The zero-order valence-electron chi connectivity index (χ0n) is 20.4. The summed E-state index contributed by atoms with van der Waals surface area (Å²) in [6, 6.07) is 4.64. The molecule has 9 nitrogen and oxygen atoms in total. The van der Waals surface area contributed by atoms with E-state index in [4.69, 9.17) is 20.8 Å². The molecule has 3 heterocycles. The number of phenols is 1. The molecule has 3 atom stereocenters. The van der Waals surface area contributed by atoms with Crippen LogP contribution in [0, 0.1) is 0 Å². The number of pyridine rings is 1. The number of halogens is 1. The minimum absolute atomic E-state index is 0.0301. The second kappa shape index (κ2) is 10.6. The smallest absolute Gasteiger partial charge is 0.344 e. The van der Waals surface area contributed by atoms with E-state index < -0.39 is 5.63 Å². The number of aromatic nitrogens is 1. The van der Waals surface area contributed by atoms with Gasteiger partial charge >= 0.3 is 5.63 Å². The first kappa shape index (κ1) is 25.5.